The van der Waals surface area contributed by atoms with Gasteiger partial charge in [-0.3, -0.25) is 0 Å². The number of rotatable bonds is 7. The summed E-state index contributed by atoms with van der Waals surface area (Å²) in [5.74, 6) is 1.57. The van der Waals surface area contributed by atoms with Gasteiger partial charge in [0.05, 0.1) is 0 Å². The summed E-state index contributed by atoms with van der Waals surface area (Å²) in [4.78, 5) is 0. The van der Waals surface area contributed by atoms with Gasteiger partial charge in [0.25, 0.3) is 0 Å². The zero-order valence-electron chi connectivity index (χ0n) is 10.5. The standard InChI is InChI=1S/C15H23F/c1-3-4-5-8-14(12-16)9-6-7-13(2)15-10-11-15/h4-8,13,15H,3,9-12H2,1-2H3/b5-4-,7-6-,14-8-. The molecule has 1 saturated carbocycles. The van der Waals surface area contributed by atoms with Crippen LogP contribution in [0.5, 0.6) is 0 Å². The second-order valence-corrected chi connectivity index (χ2v) is 4.62. The summed E-state index contributed by atoms with van der Waals surface area (Å²) in [5.41, 5.74) is 0.865. The summed E-state index contributed by atoms with van der Waals surface area (Å²) in [7, 11) is 0. The smallest absolute Gasteiger partial charge is 0.111 e. The summed E-state index contributed by atoms with van der Waals surface area (Å²) < 4.78 is 12.6. The van der Waals surface area contributed by atoms with Crippen LogP contribution in [0, 0.1) is 11.8 Å². The van der Waals surface area contributed by atoms with Crippen LogP contribution < -0.4 is 0 Å². The van der Waals surface area contributed by atoms with Crippen molar-refractivity contribution >= 4 is 0 Å². The molecule has 0 radical (unpaired) electrons. The molecule has 0 aliphatic heterocycles. The number of halogens is 1. The van der Waals surface area contributed by atoms with Gasteiger partial charge in [0.2, 0.25) is 0 Å². The summed E-state index contributed by atoms with van der Waals surface area (Å²) in [6.07, 6.45) is 14.8. The molecule has 0 saturated heterocycles. The Morgan fingerprint density at radius 1 is 1.38 bits per heavy atom. The van der Waals surface area contributed by atoms with Gasteiger partial charge in [0.15, 0.2) is 0 Å². The van der Waals surface area contributed by atoms with Gasteiger partial charge in [-0.05, 0) is 43.1 Å². The van der Waals surface area contributed by atoms with Crippen molar-refractivity contribution in [1.82, 2.24) is 0 Å². The molecule has 1 atom stereocenters. The summed E-state index contributed by atoms with van der Waals surface area (Å²) >= 11 is 0. The fraction of sp³-hybridized carbons (Fsp3) is 0.600. The van der Waals surface area contributed by atoms with E-state index in [4.69, 9.17) is 0 Å². The molecular weight excluding hydrogens is 199 g/mol. The lowest BCUT2D eigenvalue weighted by Crippen LogP contribution is -1.91. The molecule has 1 heteroatoms. The fourth-order valence-electron chi connectivity index (χ4n) is 1.72. The van der Waals surface area contributed by atoms with Gasteiger partial charge in [-0.1, -0.05) is 44.2 Å². The van der Waals surface area contributed by atoms with Crippen LogP contribution in [0.2, 0.25) is 0 Å². The lowest BCUT2D eigenvalue weighted by Gasteiger charge is -2.02. The summed E-state index contributed by atoms with van der Waals surface area (Å²) in [6, 6.07) is 0. The number of hydrogen-bond acceptors (Lipinski definition) is 0. The van der Waals surface area contributed by atoms with Gasteiger partial charge in [-0.25, -0.2) is 4.39 Å². The topological polar surface area (TPSA) is 0 Å². The number of allylic oxidation sites excluding steroid dienone is 6. The van der Waals surface area contributed by atoms with E-state index < -0.39 is 0 Å². The summed E-state index contributed by atoms with van der Waals surface area (Å²) in [5, 5.41) is 0. The Hall–Kier alpha value is -0.850. The molecule has 0 nitrogen and oxygen atoms in total. The predicted octanol–water partition coefficient (Wildman–Crippen LogP) is 4.84. The molecule has 0 aromatic rings. The van der Waals surface area contributed by atoms with Gasteiger partial charge in [0, 0.05) is 0 Å². The van der Waals surface area contributed by atoms with Crippen LogP contribution in [-0.4, -0.2) is 6.67 Å². The van der Waals surface area contributed by atoms with E-state index in [0.29, 0.717) is 5.92 Å². The highest BCUT2D eigenvalue weighted by molar-refractivity contribution is 5.16. The third kappa shape index (κ3) is 5.29. The second-order valence-electron chi connectivity index (χ2n) is 4.62. The zero-order valence-corrected chi connectivity index (χ0v) is 10.5. The van der Waals surface area contributed by atoms with Crippen LogP contribution in [0.1, 0.15) is 39.5 Å². The molecule has 0 spiro atoms. The maximum Gasteiger partial charge on any atom is 0.111 e. The zero-order chi connectivity index (χ0) is 11.8. The van der Waals surface area contributed by atoms with Gasteiger partial charge in [-0.2, -0.15) is 0 Å². The molecular formula is C15H23F. The lowest BCUT2D eigenvalue weighted by molar-refractivity contribution is 0.537. The highest BCUT2D eigenvalue weighted by Crippen LogP contribution is 2.37. The van der Waals surface area contributed by atoms with E-state index in [1.807, 2.05) is 18.2 Å². The first-order valence-electron chi connectivity index (χ1n) is 6.35. The first-order valence-corrected chi connectivity index (χ1v) is 6.35. The van der Waals surface area contributed by atoms with E-state index in [0.717, 1.165) is 24.3 Å². The normalized spacial score (nSPS) is 19.8. The maximum atomic E-state index is 12.6. The molecule has 0 bridgehead atoms. The van der Waals surface area contributed by atoms with Gasteiger partial charge >= 0.3 is 0 Å². The molecule has 1 rings (SSSR count). The quantitative estimate of drug-likeness (QED) is 0.427. The molecule has 1 aliphatic rings. The number of alkyl halides is 1. The van der Waals surface area contributed by atoms with Crippen LogP contribution in [0.25, 0.3) is 0 Å². The third-order valence-corrected chi connectivity index (χ3v) is 3.06. The first kappa shape index (κ1) is 13.2. The Bertz CT molecular complexity index is 269. The first-order chi connectivity index (χ1) is 7.77. The largest absolute Gasteiger partial charge is 0.246 e. The maximum absolute atomic E-state index is 12.6. The van der Waals surface area contributed by atoms with Crippen molar-refractivity contribution in [3.8, 4) is 0 Å². The highest BCUT2D eigenvalue weighted by Gasteiger charge is 2.25. The van der Waals surface area contributed by atoms with Gasteiger partial charge in [0.1, 0.15) is 6.67 Å². The van der Waals surface area contributed by atoms with Crippen LogP contribution in [-0.2, 0) is 0 Å². The number of hydrogen-bond donors (Lipinski definition) is 0. The van der Waals surface area contributed by atoms with Crippen LogP contribution in [0.15, 0.2) is 36.0 Å². The molecule has 0 aromatic carbocycles. The molecule has 0 amide bonds. The van der Waals surface area contributed by atoms with E-state index in [1.165, 1.54) is 12.8 Å². The Morgan fingerprint density at radius 3 is 2.69 bits per heavy atom. The van der Waals surface area contributed by atoms with Gasteiger partial charge in [-0.15, -0.1) is 0 Å². The monoisotopic (exact) mass is 222 g/mol. The van der Waals surface area contributed by atoms with Crippen molar-refractivity contribution in [2.75, 3.05) is 6.67 Å². The van der Waals surface area contributed by atoms with Crippen molar-refractivity contribution < 1.29 is 4.39 Å². The third-order valence-electron chi connectivity index (χ3n) is 3.06. The predicted molar refractivity (Wildman–Crippen MR) is 69.1 cm³/mol. The Kier molecular flexibility index (Phi) is 6.14. The molecule has 1 unspecified atom stereocenters. The molecule has 1 fully saturated rings. The molecule has 0 aromatic heterocycles. The van der Waals surface area contributed by atoms with E-state index in [9.17, 15) is 4.39 Å². The van der Waals surface area contributed by atoms with Crippen LogP contribution >= 0.6 is 0 Å². The fourth-order valence-corrected chi connectivity index (χ4v) is 1.72. The van der Waals surface area contributed by atoms with Crippen LogP contribution in [0.3, 0.4) is 0 Å². The van der Waals surface area contributed by atoms with Crippen molar-refractivity contribution in [2.45, 2.75) is 39.5 Å². The summed E-state index contributed by atoms with van der Waals surface area (Å²) in [6.45, 7) is 4.00. The molecule has 16 heavy (non-hydrogen) atoms. The van der Waals surface area contributed by atoms with Crippen molar-refractivity contribution in [3.63, 3.8) is 0 Å². The van der Waals surface area contributed by atoms with E-state index in [-0.39, 0.29) is 6.67 Å². The second kappa shape index (κ2) is 7.43. The Morgan fingerprint density at radius 2 is 2.12 bits per heavy atom. The lowest BCUT2D eigenvalue weighted by atomic mass is 10.0. The van der Waals surface area contributed by atoms with E-state index in [1.54, 1.807) is 0 Å². The molecule has 0 heterocycles. The minimum absolute atomic E-state index is 0.337. The van der Waals surface area contributed by atoms with Crippen molar-refractivity contribution in [2.24, 2.45) is 11.8 Å². The Labute approximate surface area is 98.9 Å². The molecule has 0 N–H and O–H groups in total. The average molecular weight is 222 g/mol. The van der Waals surface area contributed by atoms with E-state index in [2.05, 4.69) is 26.0 Å². The SMILES string of the molecule is CC/C=C\C=C(/CF)C/C=C\C(C)C1CC1. The van der Waals surface area contributed by atoms with Crippen LogP contribution in [0.4, 0.5) is 4.39 Å². The van der Waals surface area contributed by atoms with Crippen molar-refractivity contribution in [3.05, 3.63) is 36.0 Å². The average Bonchev–Trinajstić information content (AvgIpc) is 3.10. The molecule has 1 aliphatic carbocycles. The minimum Gasteiger partial charge on any atom is -0.246 e. The molecule has 90 valence electrons. The van der Waals surface area contributed by atoms with E-state index >= 15 is 0 Å². The van der Waals surface area contributed by atoms with Gasteiger partial charge < -0.3 is 0 Å². The highest BCUT2D eigenvalue weighted by atomic mass is 19.1. The Balaban J connectivity index is 2.31. The minimum atomic E-state index is -0.337. The van der Waals surface area contributed by atoms with Crippen molar-refractivity contribution in [1.29, 1.82) is 0 Å².